The molecule has 0 atom stereocenters. The largest absolute Gasteiger partial charge is 0.392 e. The Morgan fingerprint density at radius 2 is 1.47 bits per heavy atom. The smallest absolute Gasteiger partial charge is 0.106 e. The minimum Gasteiger partial charge on any atom is -0.392 e. The number of aliphatic hydroxyl groups is 1. The summed E-state index contributed by atoms with van der Waals surface area (Å²) in [5.41, 5.74) is 0.943. The molecule has 0 spiro atoms. The maximum absolute atomic E-state index is 8.61. The van der Waals surface area contributed by atoms with Crippen LogP contribution in [-0.4, -0.2) is 10.1 Å². The lowest BCUT2D eigenvalue weighted by Crippen LogP contribution is -1.79. The number of pyridine rings is 1. The van der Waals surface area contributed by atoms with E-state index in [0.29, 0.717) is 0 Å². The topological polar surface area (TPSA) is 33.1 Å². The number of benzene rings is 1. The van der Waals surface area contributed by atoms with Crippen molar-refractivity contribution in [2.24, 2.45) is 0 Å². The molecule has 2 nitrogen and oxygen atoms in total. The molecule has 0 amide bonds. The number of hydrogen-bond acceptors (Lipinski definition) is 2. The number of rotatable bonds is 1. The standard InChI is InChI=1S/C7H7BrO.C5H3Br2N/c8-7-3-1-6(5-9)2-4-7;6-4-1-2-5(7)8-3-4/h1-4,9H,5H2;1-3H. The molecule has 0 saturated heterocycles. The van der Waals surface area contributed by atoms with E-state index in [1.54, 1.807) is 6.20 Å². The molecule has 2 rings (SSSR count). The van der Waals surface area contributed by atoms with Gasteiger partial charge < -0.3 is 5.11 Å². The third-order valence-corrected chi connectivity index (χ3v) is 3.25. The van der Waals surface area contributed by atoms with Crippen molar-refractivity contribution in [3.8, 4) is 0 Å². The monoisotopic (exact) mass is 421 g/mol. The van der Waals surface area contributed by atoms with Crippen molar-refractivity contribution in [1.82, 2.24) is 4.98 Å². The highest BCUT2D eigenvalue weighted by Gasteiger charge is 1.87. The van der Waals surface area contributed by atoms with E-state index in [0.717, 1.165) is 19.1 Å². The van der Waals surface area contributed by atoms with Crippen LogP contribution < -0.4 is 0 Å². The van der Waals surface area contributed by atoms with Crippen LogP contribution in [0.25, 0.3) is 0 Å². The second-order valence-electron chi connectivity index (χ2n) is 3.08. The Morgan fingerprint density at radius 1 is 0.882 bits per heavy atom. The Bertz CT molecular complexity index is 421. The summed E-state index contributed by atoms with van der Waals surface area (Å²) in [6.07, 6.45) is 1.74. The van der Waals surface area contributed by atoms with Gasteiger partial charge in [0.25, 0.3) is 0 Å². The molecule has 0 aliphatic heterocycles. The zero-order valence-corrected chi connectivity index (χ0v) is 13.5. The van der Waals surface area contributed by atoms with E-state index in [-0.39, 0.29) is 6.61 Å². The van der Waals surface area contributed by atoms with Crippen molar-refractivity contribution in [3.63, 3.8) is 0 Å². The van der Waals surface area contributed by atoms with Gasteiger partial charge in [0.15, 0.2) is 0 Å². The van der Waals surface area contributed by atoms with Crippen molar-refractivity contribution in [2.45, 2.75) is 6.61 Å². The van der Waals surface area contributed by atoms with Crippen LogP contribution in [0.4, 0.5) is 0 Å². The van der Waals surface area contributed by atoms with Crippen LogP contribution in [0.5, 0.6) is 0 Å². The first-order chi connectivity index (χ1) is 8.11. The van der Waals surface area contributed by atoms with Crippen molar-refractivity contribution in [1.29, 1.82) is 0 Å². The van der Waals surface area contributed by atoms with Crippen molar-refractivity contribution in [3.05, 3.63) is 61.7 Å². The first-order valence-corrected chi connectivity index (χ1v) is 7.12. The summed E-state index contributed by atoms with van der Waals surface area (Å²) < 4.78 is 2.90. The van der Waals surface area contributed by atoms with Crippen LogP contribution in [0, 0.1) is 0 Å². The van der Waals surface area contributed by atoms with E-state index in [2.05, 4.69) is 52.8 Å². The molecule has 0 radical (unpaired) electrons. The van der Waals surface area contributed by atoms with Gasteiger partial charge in [0.05, 0.1) is 6.61 Å². The summed E-state index contributed by atoms with van der Waals surface area (Å²) in [6.45, 7) is 0.118. The highest BCUT2D eigenvalue weighted by Crippen LogP contribution is 2.10. The van der Waals surface area contributed by atoms with Crippen LogP contribution in [0.2, 0.25) is 0 Å². The first kappa shape index (κ1) is 14.8. The van der Waals surface area contributed by atoms with Crippen LogP contribution in [-0.2, 0) is 6.61 Å². The summed E-state index contributed by atoms with van der Waals surface area (Å²) in [5, 5.41) is 8.61. The SMILES string of the molecule is Brc1ccc(Br)nc1.OCc1ccc(Br)cc1. The molecule has 1 N–H and O–H groups in total. The number of halogens is 3. The van der Waals surface area contributed by atoms with Crippen LogP contribution in [0.3, 0.4) is 0 Å². The minimum atomic E-state index is 0.118. The zero-order valence-electron chi connectivity index (χ0n) is 8.78. The Kier molecular flexibility index (Phi) is 6.96. The molecule has 17 heavy (non-hydrogen) atoms. The van der Waals surface area contributed by atoms with Gasteiger partial charge in [0.2, 0.25) is 0 Å². The van der Waals surface area contributed by atoms with E-state index < -0.39 is 0 Å². The fourth-order valence-corrected chi connectivity index (χ4v) is 1.68. The molecule has 90 valence electrons. The summed E-state index contributed by atoms with van der Waals surface area (Å²) in [6, 6.07) is 11.4. The molecule has 0 saturated carbocycles. The van der Waals surface area contributed by atoms with Crippen LogP contribution >= 0.6 is 47.8 Å². The van der Waals surface area contributed by atoms with Crippen LogP contribution in [0.1, 0.15) is 5.56 Å². The molecule has 0 aliphatic carbocycles. The number of aromatic nitrogens is 1. The maximum Gasteiger partial charge on any atom is 0.106 e. The molecular weight excluding hydrogens is 414 g/mol. The van der Waals surface area contributed by atoms with Crippen LogP contribution in [0.15, 0.2) is 56.1 Å². The summed E-state index contributed by atoms with van der Waals surface area (Å²) in [5.74, 6) is 0. The average molecular weight is 424 g/mol. The lowest BCUT2D eigenvalue weighted by atomic mass is 10.2. The maximum atomic E-state index is 8.61. The van der Waals surface area contributed by atoms with Crippen molar-refractivity contribution in [2.75, 3.05) is 0 Å². The lowest BCUT2D eigenvalue weighted by Gasteiger charge is -1.92. The van der Waals surface area contributed by atoms with Gasteiger partial charge in [-0.1, -0.05) is 28.1 Å². The first-order valence-electron chi connectivity index (χ1n) is 4.74. The van der Waals surface area contributed by atoms with Gasteiger partial charge in [-0.15, -0.1) is 0 Å². The normalized spacial score (nSPS) is 9.41. The van der Waals surface area contributed by atoms with E-state index in [1.807, 2.05) is 36.4 Å². The average Bonchev–Trinajstić information content (AvgIpc) is 2.35. The van der Waals surface area contributed by atoms with Gasteiger partial charge in [0, 0.05) is 15.1 Å². The van der Waals surface area contributed by atoms with Gasteiger partial charge in [-0.2, -0.15) is 0 Å². The second-order valence-corrected chi connectivity index (χ2v) is 5.73. The molecule has 2 aromatic rings. The molecular formula is C12H10Br3NO. The van der Waals surface area contributed by atoms with Gasteiger partial charge in [-0.05, 0) is 61.7 Å². The molecule has 0 fully saturated rings. The predicted molar refractivity (Wildman–Crippen MR) is 79.7 cm³/mol. The summed E-state index contributed by atoms with van der Waals surface area (Å²) in [7, 11) is 0. The summed E-state index contributed by atoms with van der Waals surface area (Å²) >= 11 is 9.77. The lowest BCUT2D eigenvalue weighted by molar-refractivity contribution is 0.282. The molecule has 1 heterocycles. The van der Waals surface area contributed by atoms with Gasteiger partial charge in [-0.25, -0.2) is 4.98 Å². The molecule has 5 heteroatoms. The highest BCUT2D eigenvalue weighted by molar-refractivity contribution is 9.11. The number of hydrogen-bond donors (Lipinski definition) is 1. The fourth-order valence-electron chi connectivity index (χ4n) is 0.948. The fraction of sp³-hybridized carbons (Fsp3) is 0.0833. The highest BCUT2D eigenvalue weighted by atomic mass is 79.9. The van der Waals surface area contributed by atoms with Gasteiger partial charge >= 0.3 is 0 Å². The predicted octanol–water partition coefficient (Wildman–Crippen LogP) is 4.55. The van der Waals surface area contributed by atoms with E-state index >= 15 is 0 Å². The molecule has 0 aliphatic rings. The van der Waals surface area contributed by atoms with Gasteiger partial charge in [-0.3, -0.25) is 0 Å². The Morgan fingerprint density at radius 3 is 1.88 bits per heavy atom. The second kappa shape index (κ2) is 7.97. The Balaban J connectivity index is 0.000000171. The Hall–Kier alpha value is -0.230. The quantitative estimate of drug-likeness (QED) is 0.683. The number of nitrogens with zero attached hydrogens (tertiary/aromatic N) is 1. The third-order valence-electron chi connectivity index (χ3n) is 1.79. The summed E-state index contributed by atoms with van der Waals surface area (Å²) in [4.78, 5) is 3.95. The third kappa shape index (κ3) is 6.31. The van der Waals surface area contributed by atoms with E-state index in [1.165, 1.54) is 0 Å². The number of aliphatic hydroxyl groups excluding tert-OH is 1. The van der Waals surface area contributed by atoms with Crippen molar-refractivity contribution < 1.29 is 5.11 Å². The minimum absolute atomic E-state index is 0.118. The van der Waals surface area contributed by atoms with E-state index in [4.69, 9.17) is 5.11 Å². The van der Waals surface area contributed by atoms with Gasteiger partial charge in [0.1, 0.15) is 4.60 Å². The van der Waals surface area contributed by atoms with Crippen molar-refractivity contribution >= 4 is 47.8 Å². The van der Waals surface area contributed by atoms with E-state index in [9.17, 15) is 0 Å². The zero-order chi connectivity index (χ0) is 12.7. The Labute approximate surface area is 125 Å². The molecule has 0 bridgehead atoms. The molecule has 0 unspecified atom stereocenters. The molecule has 1 aromatic heterocycles. The molecule has 1 aromatic carbocycles.